The van der Waals surface area contributed by atoms with E-state index in [9.17, 15) is 4.79 Å². The van der Waals surface area contributed by atoms with Crippen LogP contribution in [0.4, 0.5) is 0 Å². The topological polar surface area (TPSA) is 46.3 Å². The van der Waals surface area contributed by atoms with Crippen LogP contribution in [0.15, 0.2) is 0 Å². The predicted octanol–water partition coefficient (Wildman–Crippen LogP) is 0.736. The molecule has 0 aromatic heterocycles. The third kappa shape index (κ3) is 1.57. The lowest BCUT2D eigenvalue weighted by molar-refractivity contribution is -0.130. The lowest BCUT2D eigenvalue weighted by Gasteiger charge is -2.28. The van der Waals surface area contributed by atoms with E-state index in [1.165, 1.54) is 19.3 Å². The van der Waals surface area contributed by atoms with Crippen molar-refractivity contribution in [2.75, 3.05) is 13.1 Å². The van der Waals surface area contributed by atoms with Crippen molar-refractivity contribution in [2.24, 2.45) is 11.7 Å². The fraction of sp³-hybridized carbons (Fsp3) is 0.900. The first-order valence-corrected chi connectivity index (χ1v) is 5.32. The average molecular weight is 182 g/mol. The molecule has 0 radical (unpaired) electrons. The molecule has 13 heavy (non-hydrogen) atoms. The number of amides is 1. The monoisotopic (exact) mass is 182 g/mol. The van der Waals surface area contributed by atoms with Crippen LogP contribution in [0.25, 0.3) is 0 Å². The molecule has 3 nitrogen and oxygen atoms in total. The zero-order valence-electron chi connectivity index (χ0n) is 8.04. The van der Waals surface area contributed by atoms with Crippen molar-refractivity contribution in [3.05, 3.63) is 0 Å². The fourth-order valence-corrected chi connectivity index (χ4v) is 2.72. The number of nitrogens with two attached hydrogens (primary N) is 1. The van der Waals surface area contributed by atoms with E-state index in [4.69, 9.17) is 5.73 Å². The first-order valence-electron chi connectivity index (χ1n) is 5.32. The fourth-order valence-electron chi connectivity index (χ4n) is 2.72. The molecule has 0 aromatic rings. The lowest BCUT2D eigenvalue weighted by atomic mass is 10.0. The van der Waals surface area contributed by atoms with Crippen LogP contribution < -0.4 is 5.73 Å². The highest BCUT2D eigenvalue weighted by Gasteiger charge is 2.35. The highest BCUT2D eigenvalue weighted by molar-refractivity contribution is 5.78. The number of nitrogens with zero attached hydrogens (tertiary/aromatic N) is 1. The van der Waals surface area contributed by atoms with E-state index in [0.29, 0.717) is 17.9 Å². The first kappa shape index (κ1) is 9.00. The average Bonchev–Trinajstić information content (AvgIpc) is 2.71. The van der Waals surface area contributed by atoms with Gasteiger partial charge in [-0.1, -0.05) is 6.42 Å². The zero-order valence-corrected chi connectivity index (χ0v) is 8.04. The Kier molecular flexibility index (Phi) is 2.54. The summed E-state index contributed by atoms with van der Waals surface area (Å²) in [6.07, 6.45) is 5.44. The number of hydrogen-bond acceptors (Lipinski definition) is 2. The summed E-state index contributed by atoms with van der Waals surface area (Å²) < 4.78 is 0. The van der Waals surface area contributed by atoms with Gasteiger partial charge in [0.05, 0.1) is 0 Å². The summed E-state index contributed by atoms with van der Waals surface area (Å²) in [6, 6.07) is 0.472. The maximum Gasteiger partial charge on any atom is 0.222 e. The van der Waals surface area contributed by atoms with E-state index in [1.807, 2.05) is 0 Å². The Balaban J connectivity index is 2.02. The predicted molar refractivity (Wildman–Crippen MR) is 51.1 cm³/mol. The molecule has 0 bridgehead atoms. The van der Waals surface area contributed by atoms with Crippen LogP contribution in [0.2, 0.25) is 0 Å². The number of hydrogen-bond donors (Lipinski definition) is 1. The molecule has 1 saturated heterocycles. The Morgan fingerprint density at radius 2 is 2.23 bits per heavy atom. The van der Waals surface area contributed by atoms with E-state index in [1.54, 1.807) is 0 Å². The van der Waals surface area contributed by atoms with Gasteiger partial charge in [-0.15, -0.1) is 0 Å². The molecule has 0 spiro atoms. The second-order valence-electron chi connectivity index (χ2n) is 4.18. The van der Waals surface area contributed by atoms with Crippen molar-refractivity contribution in [2.45, 2.75) is 38.1 Å². The Morgan fingerprint density at radius 1 is 1.38 bits per heavy atom. The number of carbonyl (C=O) groups excluding carboxylic acids is 1. The minimum absolute atomic E-state index is 0.352. The molecule has 1 amide bonds. The molecule has 0 aromatic carbocycles. The Labute approximate surface area is 79.3 Å². The van der Waals surface area contributed by atoms with E-state index >= 15 is 0 Å². The molecule has 2 N–H and O–H groups in total. The second kappa shape index (κ2) is 3.66. The Morgan fingerprint density at radius 3 is 2.85 bits per heavy atom. The molecule has 3 heteroatoms. The molecular formula is C10H18N2O. The standard InChI is InChI=1S/C10H18N2O/c11-7-8-3-1-4-9(8)12-6-2-5-10(12)13/h8-9H,1-7,11H2. The summed E-state index contributed by atoms with van der Waals surface area (Å²) in [5.41, 5.74) is 5.70. The van der Waals surface area contributed by atoms with Gasteiger partial charge in [-0.05, 0) is 31.7 Å². The van der Waals surface area contributed by atoms with Gasteiger partial charge in [-0.25, -0.2) is 0 Å². The highest BCUT2D eigenvalue weighted by atomic mass is 16.2. The van der Waals surface area contributed by atoms with Crippen LogP contribution in [0.3, 0.4) is 0 Å². The van der Waals surface area contributed by atoms with Gasteiger partial charge in [0.1, 0.15) is 0 Å². The van der Waals surface area contributed by atoms with Gasteiger partial charge in [0.2, 0.25) is 5.91 Å². The zero-order chi connectivity index (χ0) is 9.26. The summed E-state index contributed by atoms with van der Waals surface area (Å²) >= 11 is 0. The molecule has 2 aliphatic rings. The molecule has 2 unspecified atom stereocenters. The van der Waals surface area contributed by atoms with Crippen molar-refractivity contribution < 1.29 is 4.79 Å². The lowest BCUT2D eigenvalue weighted by Crippen LogP contribution is -2.40. The molecule has 2 atom stereocenters. The number of likely N-dealkylation sites (tertiary alicyclic amines) is 1. The highest BCUT2D eigenvalue weighted by Crippen LogP contribution is 2.31. The molecule has 1 saturated carbocycles. The summed E-state index contributed by atoms with van der Waals surface area (Å²) in [5, 5.41) is 0. The van der Waals surface area contributed by atoms with E-state index in [2.05, 4.69) is 4.90 Å². The minimum Gasteiger partial charge on any atom is -0.339 e. The van der Waals surface area contributed by atoms with Gasteiger partial charge in [0.15, 0.2) is 0 Å². The van der Waals surface area contributed by atoms with Crippen molar-refractivity contribution >= 4 is 5.91 Å². The maximum absolute atomic E-state index is 11.5. The van der Waals surface area contributed by atoms with Gasteiger partial charge < -0.3 is 10.6 Å². The molecule has 1 aliphatic carbocycles. The largest absolute Gasteiger partial charge is 0.339 e. The maximum atomic E-state index is 11.5. The summed E-state index contributed by atoms with van der Waals surface area (Å²) in [5.74, 6) is 0.924. The van der Waals surface area contributed by atoms with E-state index in [0.717, 1.165) is 25.9 Å². The molecular weight excluding hydrogens is 164 g/mol. The van der Waals surface area contributed by atoms with Crippen LogP contribution in [0.5, 0.6) is 0 Å². The first-order chi connectivity index (χ1) is 6.33. The summed E-state index contributed by atoms with van der Waals surface area (Å²) in [4.78, 5) is 13.6. The quantitative estimate of drug-likeness (QED) is 0.684. The van der Waals surface area contributed by atoms with Crippen molar-refractivity contribution in [3.63, 3.8) is 0 Å². The Bertz CT molecular complexity index is 205. The van der Waals surface area contributed by atoms with Gasteiger partial charge in [0, 0.05) is 19.0 Å². The summed E-state index contributed by atoms with van der Waals surface area (Å²) in [6.45, 7) is 1.72. The van der Waals surface area contributed by atoms with E-state index in [-0.39, 0.29) is 0 Å². The van der Waals surface area contributed by atoms with Crippen molar-refractivity contribution in [1.82, 2.24) is 4.90 Å². The SMILES string of the molecule is NCC1CCCC1N1CCCC1=O. The minimum atomic E-state index is 0.352. The number of carbonyl (C=O) groups is 1. The van der Waals surface area contributed by atoms with Crippen LogP contribution >= 0.6 is 0 Å². The molecule has 1 aliphatic heterocycles. The van der Waals surface area contributed by atoms with Crippen LogP contribution in [0.1, 0.15) is 32.1 Å². The second-order valence-corrected chi connectivity index (χ2v) is 4.18. The molecule has 2 fully saturated rings. The Hall–Kier alpha value is -0.570. The van der Waals surface area contributed by atoms with Crippen molar-refractivity contribution in [3.8, 4) is 0 Å². The smallest absolute Gasteiger partial charge is 0.222 e. The number of rotatable bonds is 2. The van der Waals surface area contributed by atoms with E-state index < -0.39 is 0 Å². The molecule has 74 valence electrons. The molecule has 1 heterocycles. The van der Waals surface area contributed by atoms with Gasteiger partial charge in [-0.3, -0.25) is 4.79 Å². The van der Waals surface area contributed by atoms with Gasteiger partial charge in [-0.2, -0.15) is 0 Å². The van der Waals surface area contributed by atoms with Crippen LogP contribution in [-0.4, -0.2) is 29.9 Å². The van der Waals surface area contributed by atoms with Crippen LogP contribution in [0, 0.1) is 5.92 Å². The third-order valence-electron chi connectivity index (χ3n) is 3.43. The molecule has 2 rings (SSSR count). The van der Waals surface area contributed by atoms with Gasteiger partial charge in [0.25, 0.3) is 0 Å². The van der Waals surface area contributed by atoms with Crippen LogP contribution in [-0.2, 0) is 4.79 Å². The van der Waals surface area contributed by atoms with Gasteiger partial charge >= 0.3 is 0 Å². The van der Waals surface area contributed by atoms with Crippen molar-refractivity contribution in [1.29, 1.82) is 0 Å². The normalized spacial score (nSPS) is 34.5. The summed E-state index contributed by atoms with van der Waals surface area (Å²) in [7, 11) is 0. The third-order valence-corrected chi connectivity index (χ3v) is 3.43.